The van der Waals surface area contributed by atoms with Crippen molar-refractivity contribution in [1.29, 1.82) is 0 Å². The Hall–Kier alpha value is -3.06. The van der Waals surface area contributed by atoms with Gasteiger partial charge in [-0.05, 0) is 42.3 Å². The Morgan fingerprint density at radius 3 is 2.72 bits per heavy atom. The van der Waals surface area contributed by atoms with Gasteiger partial charge in [-0.1, -0.05) is 48.2 Å². The summed E-state index contributed by atoms with van der Waals surface area (Å²) < 4.78 is 7.22. The number of amides is 1. The Morgan fingerprint density at radius 1 is 1.17 bits per heavy atom. The highest BCUT2D eigenvalue weighted by Gasteiger charge is 2.16. The highest BCUT2D eigenvalue weighted by molar-refractivity contribution is 7.99. The first-order valence-corrected chi connectivity index (χ1v) is 10.4. The molecule has 2 aromatic heterocycles. The summed E-state index contributed by atoms with van der Waals surface area (Å²) in [4.78, 5) is 12.5. The maximum Gasteiger partial charge on any atom is 0.230 e. The molecule has 6 nitrogen and oxygen atoms in total. The zero-order chi connectivity index (χ0) is 20.4. The summed E-state index contributed by atoms with van der Waals surface area (Å²) >= 11 is 1.37. The maximum absolute atomic E-state index is 12.5. The number of nitrogens with zero attached hydrogens (tertiary/aromatic N) is 3. The van der Waals surface area contributed by atoms with Gasteiger partial charge < -0.3 is 14.3 Å². The lowest BCUT2D eigenvalue weighted by molar-refractivity contribution is -0.119. The van der Waals surface area contributed by atoms with Crippen molar-refractivity contribution in [2.75, 3.05) is 5.75 Å². The smallest absolute Gasteiger partial charge is 0.230 e. The van der Waals surface area contributed by atoms with Crippen LogP contribution in [-0.2, 0) is 11.8 Å². The molecule has 0 spiro atoms. The topological polar surface area (TPSA) is 72.9 Å². The van der Waals surface area contributed by atoms with E-state index >= 15 is 0 Å². The van der Waals surface area contributed by atoms with Crippen LogP contribution in [0.5, 0.6) is 0 Å². The van der Waals surface area contributed by atoms with Crippen molar-refractivity contribution in [2.45, 2.75) is 25.0 Å². The van der Waals surface area contributed by atoms with Crippen molar-refractivity contribution in [3.8, 4) is 11.4 Å². The SMILES string of the molecule is Cc1occc1-c1nnc(SCC(=O)NC(C)c2ccc3ccccc3c2)n1C. The van der Waals surface area contributed by atoms with Crippen LogP contribution in [0.3, 0.4) is 0 Å². The van der Waals surface area contributed by atoms with Gasteiger partial charge in [0.15, 0.2) is 11.0 Å². The molecule has 1 N–H and O–H groups in total. The first kappa shape index (κ1) is 19.3. The molecule has 4 aromatic rings. The maximum atomic E-state index is 12.5. The fourth-order valence-corrected chi connectivity index (χ4v) is 3.99. The van der Waals surface area contributed by atoms with Crippen LogP contribution >= 0.6 is 11.8 Å². The summed E-state index contributed by atoms with van der Waals surface area (Å²) in [6, 6.07) is 16.3. The molecule has 0 saturated heterocycles. The van der Waals surface area contributed by atoms with Crippen molar-refractivity contribution >= 4 is 28.4 Å². The van der Waals surface area contributed by atoms with Crippen LogP contribution in [0.1, 0.15) is 24.3 Å². The van der Waals surface area contributed by atoms with E-state index in [0.29, 0.717) is 5.16 Å². The quantitative estimate of drug-likeness (QED) is 0.477. The van der Waals surface area contributed by atoms with E-state index in [9.17, 15) is 4.79 Å². The summed E-state index contributed by atoms with van der Waals surface area (Å²) in [7, 11) is 1.89. The standard InChI is InChI=1S/C22H22N4O2S/c1-14(17-9-8-16-6-4-5-7-18(16)12-17)23-20(27)13-29-22-25-24-21(26(22)3)19-10-11-28-15(19)2/h4-12,14H,13H2,1-3H3,(H,23,27). The van der Waals surface area contributed by atoms with Crippen LogP contribution in [0.4, 0.5) is 0 Å². The summed E-state index contributed by atoms with van der Waals surface area (Å²) in [6.45, 7) is 3.88. The van der Waals surface area contributed by atoms with Gasteiger partial charge in [-0.15, -0.1) is 10.2 Å². The monoisotopic (exact) mass is 406 g/mol. The van der Waals surface area contributed by atoms with E-state index in [-0.39, 0.29) is 17.7 Å². The highest BCUT2D eigenvalue weighted by Crippen LogP contribution is 2.26. The Bertz CT molecular complexity index is 1160. The minimum Gasteiger partial charge on any atom is -0.469 e. The van der Waals surface area contributed by atoms with E-state index < -0.39 is 0 Å². The molecule has 0 bridgehead atoms. The van der Waals surface area contributed by atoms with Gasteiger partial charge in [-0.25, -0.2) is 0 Å². The van der Waals surface area contributed by atoms with E-state index in [1.54, 1.807) is 6.26 Å². The molecule has 1 amide bonds. The third-order valence-corrected chi connectivity index (χ3v) is 5.94. The number of hydrogen-bond acceptors (Lipinski definition) is 5. The van der Waals surface area contributed by atoms with Gasteiger partial charge in [0.2, 0.25) is 5.91 Å². The Labute approximate surface area is 173 Å². The molecule has 148 valence electrons. The van der Waals surface area contributed by atoms with E-state index in [2.05, 4.69) is 45.8 Å². The molecule has 0 aliphatic carbocycles. The minimum atomic E-state index is -0.0728. The van der Waals surface area contributed by atoms with Gasteiger partial charge >= 0.3 is 0 Å². The molecule has 0 aliphatic rings. The second-order valence-corrected chi connectivity index (χ2v) is 7.88. The second kappa shape index (κ2) is 8.13. The van der Waals surface area contributed by atoms with Gasteiger partial charge in [0, 0.05) is 7.05 Å². The van der Waals surface area contributed by atoms with Crippen LogP contribution in [0.15, 0.2) is 64.4 Å². The minimum absolute atomic E-state index is 0.0419. The fraction of sp³-hybridized carbons (Fsp3) is 0.227. The summed E-state index contributed by atoms with van der Waals surface area (Å²) in [5.41, 5.74) is 1.99. The van der Waals surface area contributed by atoms with E-state index in [4.69, 9.17) is 4.42 Å². The molecule has 7 heteroatoms. The number of nitrogens with one attached hydrogen (secondary N) is 1. The fourth-order valence-electron chi connectivity index (χ4n) is 3.27. The zero-order valence-electron chi connectivity index (χ0n) is 16.5. The molecule has 0 radical (unpaired) electrons. The lowest BCUT2D eigenvalue weighted by atomic mass is 10.0. The number of furan rings is 1. The van der Waals surface area contributed by atoms with Crippen molar-refractivity contribution in [2.24, 2.45) is 7.05 Å². The molecular weight excluding hydrogens is 384 g/mol. The molecule has 0 fully saturated rings. The number of carbonyl (C=O) groups excluding carboxylic acids is 1. The molecule has 2 heterocycles. The molecular formula is C22H22N4O2S. The van der Waals surface area contributed by atoms with Crippen molar-refractivity contribution < 1.29 is 9.21 Å². The average molecular weight is 407 g/mol. The van der Waals surface area contributed by atoms with Crippen LogP contribution < -0.4 is 5.32 Å². The van der Waals surface area contributed by atoms with Gasteiger partial charge in [0.25, 0.3) is 0 Å². The average Bonchev–Trinajstić information content (AvgIpc) is 3.30. The number of aryl methyl sites for hydroxylation is 1. The largest absolute Gasteiger partial charge is 0.469 e. The van der Waals surface area contributed by atoms with Crippen LogP contribution in [0, 0.1) is 6.92 Å². The number of aromatic nitrogens is 3. The molecule has 1 atom stereocenters. The van der Waals surface area contributed by atoms with E-state index in [1.807, 2.05) is 43.7 Å². The number of fused-ring (bicyclic) bond motifs is 1. The van der Waals surface area contributed by atoms with Crippen molar-refractivity contribution in [1.82, 2.24) is 20.1 Å². The van der Waals surface area contributed by atoms with Gasteiger partial charge in [-0.3, -0.25) is 4.79 Å². The predicted molar refractivity (Wildman–Crippen MR) is 115 cm³/mol. The van der Waals surface area contributed by atoms with E-state index in [0.717, 1.165) is 22.7 Å². The number of hydrogen-bond donors (Lipinski definition) is 1. The van der Waals surface area contributed by atoms with Crippen molar-refractivity contribution in [3.05, 3.63) is 66.1 Å². The Balaban J connectivity index is 1.38. The van der Waals surface area contributed by atoms with Gasteiger partial charge in [0.05, 0.1) is 23.6 Å². The number of thioether (sulfide) groups is 1. The lowest BCUT2D eigenvalue weighted by Crippen LogP contribution is -2.28. The summed E-state index contributed by atoms with van der Waals surface area (Å²) in [6.07, 6.45) is 1.63. The van der Waals surface area contributed by atoms with Gasteiger partial charge in [-0.2, -0.15) is 0 Å². The predicted octanol–water partition coefficient (Wildman–Crippen LogP) is 4.51. The first-order chi connectivity index (χ1) is 14.0. The zero-order valence-corrected chi connectivity index (χ0v) is 17.4. The number of carbonyl (C=O) groups is 1. The molecule has 0 saturated carbocycles. The van der Waals surface area contributed by atoms with Crippen LogP contribution in [0.25, 0.3) is 22.2 Å². The molecule has 4 rings (SSSR count). The molecule has 2 aromatic carbocycles. The normalized spacial score (nSPS) is 12.2. The molecule has 29 heavy (non-hydrogen) atoms. The molecule has 1 unspecified atom stereocenters. The van der Waals surface area contributed by atoms with Crippen LogP contribution in [0.2, 0.25) is 0 Å². The third kappa shape index (κ3) is 4.05. The first-order valence-electron chi connectivity index (χ1n) is 9.37. The Morgan fingerprint density at radius 2 is 1.97 bits per heavy atom. The third-order valence-electron chi connectivity index (χ3n) is 4.92. The van der Waals surface area contributed by atoms with Gasteiger partial charge in [0.1, 0.15) is 5.76 Å². The highest BCUT2D eigenvalue weighted by atomic mass is 32.2. The summed E-state index contributed by atoms with van der Waals surface area (Å²) in [5.74, 6) is 1.75. The van der Waals surface area contributed by atoms with Crippen LogP contribution in [-0.4, -0.2) is 26.4 Å². The number of rotatable bonds is 6. The molecule has 0 aliphatic heterocycles. The second-order valence-electron chi connectivity index (χ2n) is 6.94. The van der Waals surface area contributed by atoms with Crippen molar-refractivity contribution in [3.63, 3.8) is 0 Å². The number of benzene rings is 2. The van der Waals surface area contributed by atoms with E-state index in [1.165, 1.54) is 22.5 Å². The Kier molecular flexibility index (Phi) is 5.40. The summed E-state index contributed by atoms with van der Waals surface area (Å²) in [5, 5.41) is 14.6. The lowest BCUT2D eigenvalue weighted by Gasteiger charge is -2.15.